The van der Waals surface area contributed by atoms with Crippen molar-refractivity contribution in [3.63, 3.8) is 0 Å². The Kier molecular flexibility index (Phi) is 6.81. The highest BCUT2D eigenvalue weighted by Crippen LogP contribution is 2.39. The number of hydrogen-bond acceptors (Lipinski definition) is 5. The molecule has 0 saturated heterocycles. The third-order valence-electron chi connectivity index (χ3n) is 3.33. The van der Waals surface area contributed by atoms with E-state index in [9.17, 15) is 4.79 Å². The van der Waals surface area contributed by atoms with Crippen LogP contribution in [0.1, 0.15) is 19.8 Å². The lowest BCUT2D eigenvalue weighted by Gasteiger charge is -2.16. The first-order valence-corrected chi connectivity index (χ1v) is 6.89. The lowest BCUT2D eigenvalue weighted by atomic mass is 10.0. The largest absolute Gasteiger partial charge is 0.493 e. The minimum absolute atomic E-state index is 0.0819. The molecular formula is C15H24N2O4. The average Bonchev–Trinajstić information content (AvgIpc) is 2.51. The first-order valence-electron chi connectivity index (χ1n) is 6.89. The number of carbonyl (C=O) groups is 1. The maximum absolute atomic E-state index is 12.0. The van der Waals surface area contributed by atoms with E-state index < -0.39 is 0 Å². The van der Waals surface area contributed by atoms with E-state index >= 15 is 0 Å². The normalized spacial score (nSPS) is 11.7. The average molecular weight is 296 g/mol. The second-order valence-corrected chi connectivity index (χ2v) is 4.68. The molecule has 6 heteroatoms. The van der Waals surface area contributed by atoms with Crippen molar-refractivity contribution in [2.24, 2.45) is 11.7 Å². The van der Waals surface area contributed by atoms with Crippen molar-refractivity contribution >= 4 is 11.6 Å². The van der Waals surface area contributed by atoms with Gasteiger partial charge in [0.05, 0.1) is 21.3 Å². The number of methoxy groups -OCH3 is 3. The minimum Gasteiger partial charge on any atom is -0.493 e. The molecule has 0 spiro atoms. The van der Waals surface area contributed by atoms with Crippen molar-refractivity contribution in [1.29, 1.82) is 0 Å². The molecule has 0 aliphatic heterocycles. The third-order valence-corrected chi connectivity index (χ3v) is 3.33. The van der Waals surface area contributed by atoms with E-state index in [0.717, 1.165) is 6.42 Å². The molecule has 1 aromatic rings. The molecule has 1 aromatic carbocycles. The molecule has 0 aliphatic rings. The van der Waals surface area contributed by atoms with Crippen LogP contribution in [0.15, 0.2) is 12.1 Å². The van der Waals surface area contributed by atoms with E-state index in [1.165, 1.54) is 21.3 Å². The summed E-state index contributed by atoms with van der Waals surface area (Å²) in [4.78, 5) is 12.0. The summed E-state index contributed by atoms with van der Waals surface area (Å²) >= 11 is 0. The summed E-state index contributed by atoms with van der Waals surface area (Å²) in [5, 5.41) is 2.83. The predicted molar refractivity (Wildman–Crippen MR) is 82.2 cm³/mol. The van der Waals surface area contributed by atoms with Gasteiger partial charge in [0.1, 0.15) is 0 Å². The van der Waals surface area contributed by atoms with Crippen molar-refractivity contribution in [2.75, 3.05) is 33.2 Å². The molecule has 0 radical (unpaired) electrons. The van der Waals surface area contributed by atoms with Gasteiger partial charge >= 0.3 is 0 Å². The van der Waals surface area contributed by atoms with E-state index in [1.54, 1.807) is 12.1 Å². The van der Waals surface area contributed by atoms with Gasteiger partial charge in [-0.2, -0.15) is 0 Å². The molecule has 1 atom stereocenters. The highest BCUT2D eigenvalue weighted by Gasteiger charge is 2.16. The fourth-order valence-electron chi connectivity index (χ4n) is 2.02. The summed E-state index contributed by atoms with van der Waals surface area (Å²) in [6.45, 7) is 2.52. The molecule has 0 bridgehead atoms. The first kappa shape index (κ1) is 17.1. The lowest BCUT2D eigenvalue weighted by molar-refractivity contribution is -0.117. The van der Waals surface area contributed by atoms with Gasteiger partial charge in [-0.3, -0.25) is 4.79 Å². The van der Waals surface area contributed by atoms with Crippen LogP contribution < -0.4 is 25.3 Å². The number of nitrogens with one attached hydrogen (secondary N) is 1. The molecule has 1 unspecified atom stereocenters. The maximum atomic E-state index is 12.0. The van der Waals surface area contributed by atoms with Crippen LogP contribution in [0.2, 0.25) is 0 Å². The Morgan fingerprint density at radius 1 is 1.19 bits per heavy atom. The van der Waals surface area contributed by atoms with Crippen LogP contribution in [0.25, 0.3) is 0 Å². The number of rotatable bonds is 8. The standard InChI is InChI=1S/C15H24N2O4/c1-5-10(9-16)6-14(18)17-11-7-12(19-2)15(21-4)13(8-11)20-3/h7-8,10H,5-6,9,16H2,1-4H3,(H,17,18). The van der Waals surface area contributed by atoms with E-state index in [1.807, 2.05) is 6.92 Å². The first-order chi connectivity index (χ1) is 10.1. The Morgan fingerprint density at radius 3 is 2.14 bits per heavy atom. The predicted octanol–water partition coefficient (Wildman–Crippen LogP) is 2.03. The van der Waals surface area contributed by atoms with Crippen molar-refractivity contribution in [3.8, 4) is 17.2 Å². The maximum Gasteiger partial charge on any atom is 0.224 e. The Bertz CT molecular complexity index is 448. The summed E-state index contributed by atoms with van der Waals surface area (Å²) in [5.74, 6) is 1.59. The van der Waals surface area contributed by atoms with Crippen LogP contribution in [0.5, 0.6) is 17.2 Å². The van der Waals surface area contributed by atoms with Gasteiger partial charge in [-0.15, -0.1) is 0 Å². The number of benzene rings is 1. The Hall–Kier alpha value is -1.95. The summed E-state index contributed by atoms with van der Waals surface area (Å²) in [7, 11) is 4.60. The molecular weight excluding hydrogens is 272 g/mol. The van der Waals surface area contributed by atoms with Crippen molar-refractivity contribution in [2.45, 2.75) is 19.8 Å². The van der Waals surface area contributed by atoms with Gasteiger partial charge in [0.25, 0.3) is 0 Å². The van der Waals surface area contributed by atoms with Crippen LogP contribution in [-0.4, -0.2) is 33.8 Å². The molecule has 0 fully saturated rings. The highest BCUT2D eigenvalue weighted by molar-refractivity contribution is 5.91. The third kappa shape index (κ3) is 4.53. The quantitative estimate of drug-likeness (QED) is 0.767. The smallest absolute Gasteiger partial charge is 0.224 e. The number of anilines is 1. The zero-order valence-corrected chi connectivity index (χ0v) is 13.1. The molecule has 118 valence electrons. The van der Waals surface area contributed by atoms with Crippen LogP contribution in [0.4, 0.5) is 5.69 Å². The monoisotopic (exact) mass is 296 g/mol. The van der Waals surface area contributed by atoms with E-state index in [2.05, 4.69) is 5.32 Å². The van der Waals surface area contributed by atoms with Gasteiger partial charge in [-0.25, -0.2) is 0 Å². The number of ether oxygens (including phenoxy) is 3. The second kappa shape index (κ2) is 8.36. The Labute approximate surface area is 125 Å². The van der Waals surface area contributed by atoms with Gasteiger partial charge in [-0.1, -0.05) is 13.3 Å². The lowest BCUT2D eigenvalue weighted by Crippen LogP contribution is -2.21. The van der Waals surface area contributed by atoms with Crippen LogP contribution in [-0.2, 0) is 4.79 Å². The fourth-order valence-corrected chi connectivity index (χ4v) is 2.02. The minimum atomic E-state index is -0.0819. The summed E-state index contributed by atoms with van der Waals surface area (Å²) in [6.07, 6.45) is 1.27. The summed E-state index contributed by atoms with van der Waals surface area (Å²) in [5.41, 5.74) is 6.22. The molecule has 1 rings (SSSR count). The number of amides is 1. The molecule has 0 aliphatic carbocycles. The zero-order valence-electron chi connectivity index (χ0n) is 13.1. The fraction of sp³-hybridized carbons (Fsp3) is 0.533. The topological polar surface area (TPSA) is 82.8 Å². The SMILES string of the molecule is CCC(CN)CC(=O)Nc1cc(OC)c(OC)c(OC)c1. The molecule has 0 aromatic heterocycles. The van der Waals surface area contributed by atoms with E-state index in [0.29, 0.717) is 35.9 Å². The number of nitrogens with two attached hydrogens (primary N) is 1. The Morgan fingerprint density at radius 2 is 1.76 bits per heavy atom. The van der Waals surface area contributed by atoms with E-state index in [4.69, 9.17) is 19.9 Å². The zero-order chi connectivity index (χ0) is 15.8. The van der Waals surface area contributed by atoms with Crippen LogP contribution in [0.3, 0.4) is 0 Å². The summed E-state index contributed by atoms with van der Waals surface area (Å²) < 4.78 is 15.7. The molecule has 0 heterocycles. The van der Waals surface area contributed by atoms with Gasteiger partial charge < -0.3 is 25.3 Å². The highest BCUT2D eigenvalue weighted by atomic mass is 16.5. The van der Waals surface area contributed by atoms with Crippen LogP contribution in [0, 0.1) is 5.92 Å². The second-order valence-electron chi connectivity index (χ2n) is 4.68. The Balaban J connectivity index is 2.91. The summed E-state index contributed by atoms with van der Waals surface area (Å²) in [6, 6.07) is 3.39. The molecule has 0 saturated carbocycles. The van der Waals surface area contributed by atoms with Crippen molar-refractivity contribution in [3.05, 3.63) is 12.1 Å². The van der Waals surface area contributed by atoms with Crippen molar-refractivity contribution in [1.82, 2.24) is 0 Å². The number of carbonyl (C=O) groups excluding carboxylic acids is 1. The number of hydrogen-bond donors (Lipinski definition) is 2. The molecule has 3 N–H and O–H groups in total. The van der Waals surface area contributed by atoms with Gasteiger partial charge in [0.15, 0.2) is 11.5 Å². The van der Waals surface area contributed by atoms with Gasteiger partial charge in [-0.05, 0) is 12.5 Å². The van der Waals surface area contributed by atoms with Crippen molar-refractivity contribution < 1.29 is 19.0 Å². The van der Waals surface area contributed by atoms with Gasteiger partial charge in [0.2, 0.25) is 11.7 Å². The van der Waals surface area contributed by atoms with E-state index in [-0.39, 0.29) is 11.8 Å². The molecule has 21 heavy (non-hydrogen) atoms. The van der Waals surface area contributed by atoms with Gasteiger partial charge in [0, 0.05) is 24.2 Å². The molecule has 1 amide bonds. The van der Waals surface area contributed by atoms with Crippen LogP contribution >= 0.6 is 0 Å². The molecule has 6 nitrogen and oxygen atoms in total.